The Morgan fingerprint density at radius 1 is 0.968 bits per heavy atom. The minimum Gasteiger partial charge on any atom is -0.487 e. The van der Waals surface area contributed by atoms with Crippen molar-refractivity contribution >= 4 is 0 Å². The molecule has 1 N–H and O–H groups in total. The second-order valence-corrected chi connectivity index (χ2v) is 8.53. The van der Waals surface area contributed by atoms with Crippen LogP contribution in [0.25, 0.3) is 0 Å². The second kappa shape index (κ2) is 10.1. The highest BCUT2D eigenvalue weighted by molar-refractivity contribution is 5.43. The number of aromatic nitrogens is 1. The summed E-state index contributed by atoms with van der Waals surface area (Å²) in [7, 11) is 0. The van der Waals surface area contributed by atoms with Gasteiger partial charge in [0.25, 0.3) is 0 Å². The summed E-state index contributed by atoms with van der Waals surface area (Å²) in [6.07, 6.45) is 3.92. The number of rotatable bonds is 8. The maximum absolute atomic E-state index is 6.09. The molecule has 1 aromatic heterocycles. The Hall–Kier alpha value is -2.69. The van der Waals surface area contributed by atoms with Gasteiger partial charge in [0.1, 0.15) is 12.4 Å². The number of pyridine rings is 1. The summed E-state index contributed by atoms with van der Waals surface area (Å²) in [6, 6.07) is 21.2. The van der Waals surface area contributed by atoms with E-state index in [9.17, 15) is 0 Å². The van der Waals surface area contributed by atoms with Crippen LogP contribution in [0.3, 0.4) is 0 Å². The fraction of sp³-hybridized carbons (Fsp3) is 0.370. The van der Waals surface area contributed by atoms with Gasteiger partial charge in [0.2, 0.25) is 0 Å². The van der Waals surface area contributed by atoms with Crippen LogP contribution in [0.5, 0.6) is 5.75 Å². The second-order valence-electron chi connectivity index (χ2n) is 8.53. The fourth-order valence-electron chi connectivity index (χ4n) is 4.57. The van der Waals surface area contributed by atoms with Gasteiger partial charge in [-0.2, -0.15) is 0 Å². The van der Waals surface area contributed by atoms with E-state index in [0.29, 0.717) is 6.61 Å². The molecule has 0 saturated carbocycles. The molecule has 0 unspecified atom stereocenters. The van der Waals surface area contributed by atoms with Crippen LogP contribution in [0.1, 0.15) is 40.8 Å². The molecule has 3 aromatic rings. The Balaban J connectivity index is 1.40. The predicted octanol–water partition coefficient (Wildman–Crippen LogP) is 5.12. The normalized spacial score (nSPS) is 15.5. The molecule has 1 aliphatic rings. The highest BCUT2D eigenvalue weighted by Crippen LogP contribution is 2.34. The lowest BCUT2D eigenvalue weighted by Gasteiger charge is -2.38. The Labute approximate surface area is 185 Å². The molecule has 2 aromatic carbocycles. The van der Waals surface area contributed by atoms with Crippen molar-refractivity contribution in [3.63, 3.8) is 0 Å². The number of nitrogens with one attached hydrogen (secondary N) is 1. The Morgan fingerprint density at radius 2 is 1.68 bits per heavy atom. The van der Waals surface area contributed by atoms with E-state index in [4.69, 9.17) is 9.47 Å². The molecule has 0 radical (unpaired) electrons. The minimum absolute atomic E-state index is 0.148. The molecule has 2 heterocycles. The topological polar surface area (TPSA) is 43.4 Å². The van der Waals surface area contributed by atoms with E-state index in [-0.39, 0.29) is 5.41 Å². The van der Waals surface area contributed by atoms with Crippen LogP contribution in [0.4, 0.5) is 0 Å². The summed E-state index contributed by atoms with van der Waals surface area (Å²) in [4.78, 5) is 4.34. The maximum atomic E-state index is 6.09. The van der Waals surface area contributed by atoms with E-state index in [1.54, 1.807) is 6.20 Å². The molecule has 31 heavy (non-hydrogen) atoms. The van der Waals surface area contributed by atoms with Gasteiger partial charge in [-0.15, -0.1) is 0 Å². The van der Waals surface area contributed by atoms with E-state index in [1.165, 1.54) is 11.1 Å². The maximum Gasteiger partial charge on any atom is 0.130 e. The van der Waals surface area contributed by atoms with Gasteiger partial charge in [-0.3, -0.25) is 4.98 Å². The quantitative estimate of drug-likeness (QED) is 0.554. The first-order valence-corrected chi connectivity index (χ1v) is 11.1. The molecule has 4 nitrogen and oxygen atoms in total. The first-order valence-electron chi connectivity index (χ1n) is 11.1. The monoisotopic (exact) mass is 416 g/mol. The van der Waals surface area contributed by atoms with Gasteiger partial charge >= 0.3 is 0 Å². The lowest BCUT2D eigenvalue weighted by molar-refractivity contribution is 0.0498. The zero-order valence-electron chi connectivity index (χ0n) is 18.6. The molecular formula is C27H32N2O2. The van der Waals surface area contributed by atoms with Gasteiger partial charge < -0.3 is 14.8 Å². The molecule has 162 valence electrons. The largest absolute Gasteiger partial charge is 0.487 e. The fourth-order valence-corrected chi connectivity index (χ4v) is 4.57. The molecule has 1 saturated heterocycles. The standard InChI is InChI=1S/C27H32N2O2/c1-21-16-23(17-22(2)26(21)31-19-25-10-6-7-13-29-25)18-28-20-27(11-14-30-15-12-27)24-8-4-3-5-9-24/h3-10,13,16-17,28H,11-12,14-15,18-20H2,1-2H3. The van der Waals surface area contributed by atoms with Gasteiger partial charge in [-0.25, -0.2) is 0 Å². The first kappa shape index (κ1) is 21.5. The number of benzene rings is 2. The number of aryl methyl sites for hydroxylation is 2. The predicted molar refractivity (Wildman–Crippen MR) is 124 cm³/mol. The number of nitrogens with zero attached hydrogens (tertiary/aromatic N) is 1. The van der Waals surface area contributed by atoms with E-state index in [0.717, 1.165) is 61.7 Å². The van der Waals surface area contributed by atoms with Crippen LogP contribution in [0.15, 0.2) is 66.9 Å². The summed E-state index contributed by atoms with van der Waals surface area (Å²) in [5.41, 5.74) is 6.12. The van der Waals surface area contributed by atoms with E-state index < -0.39 is 0 Å². The Morgan fingerprint density at radius 3 is 2.35 bits per heavy atom. The van der Waals surface area contributed by atoms with Crippen molar-refractivity contribution in [3.05, 3.63) is 94.8 Å². The van der Waals surface area contributed by atoms with Crippen LogP contribution >= 0.6 is 0 Å². The van der Waals surface area contributed by atoms with Crippen molar-refractivity contribution in [2.24, 2.45) is 0 Å². The van der Waals surface area contributed by atoms with Crippen molar-refractivity contribution in [3.8, 4) is 5.75 Å². The van der Waals surface area contributed by atoms with Crippen LogP contribution in [0, 0.1) is 13.8 Å². The van der Waals surface area contributed by atoms with Crippen molar-refractivity contribution in [2.45, 2.75) is 45.3 Å². The number of hydrogen-bond acceptors (Lipinski definition) is 4. The van der Waals surface area contributed by atoms with Gasteiger partial charge in [0, 0.05) is 37.9 Å². The van der Waals surface area contributed by atoms with Gasteiger partial charge in [-0.05, 0) is 61.1 Å². The van der Waals surface area contributed by atoms with Crippen molar-refractivity contribution in [1.29, 1.82) is 0 Å². The van der Waals surface area contributed by atoms with Crippen molar-refractivity contribution < 1.29 is 9.47 Å². The summed E-state index contributed by atoms with van der Waals surface area (Å²) in [5, 5.41) is 3.74. The van der Waals surface area contributed by atoms with Gasteiger partial charge in [-0.1, -0.05) is 48.5 Å². The molecule has 0 bridgehead atoms. The summed E-state index contributed by atoms with van der Waals surface area (Å²) >= 11 is 0. The third-order valence-corrected chi connectivity index (χ3v) is 6.24. The average molecular weight is 417 g/mol. The summed E-state index contributed by atoms with van der Waals surface area (Å²) < 4.78 is 11.7. The third kappa shape index (κ3) is 5.33. The van der Waals surface area contributed by atoms with Crippen molar-refractivity contribution in [2.75, 3.05) is 19.8 Å². The lowest BCUT2D eigenvalue weighted by atomic mass is 9.74. The average Bonchev–Trinajstić information content (AvgIpc) is 2.80. The zero-order chi connectivity index (χ0) is 21.5. The van der Waals surface area contributed by atoms with Crippen LogP contribution in [-0.2, 0) is 23.3 Å². The van der Waals surface area contributed by atoms with Gasteiger partial charge in [0.05, 0.1) is 5.69 Å². The Bertz CT molecular complexity index is 944. The molecule has 1 fully saturated rings. The highest BCUT2D eigenvalue weighted by atomic mass is 16.5. The molecular weight excluding hydrogens is 384 g/mol. The Kier molecular flexibility index (Phi) is 7.00. The van der Waals surface area contributed by atoms with Crippen LogP contribution in [-0.4, -0.2) is 24.7 Å². The van der Waals surface area contributed by atoms with Crippen molar-refractivity contribution in [1.82, 2.24) is 10.3 Å². The third-order valence-electron chi connectivity index (χ3n) is 6.24. The zero-order valence-corrected chi connectivity index (χ0v) is 18.6. The SMILES string of the molecule is Cc1cc(CNCC2(c3ccccc3)CCOCC2)cc(C)c1OCc1ccccn1. The number of hydrogen-bond donors (Lipinski definition) is 1. The van der Waals surface area contributed by atoms with E-state index in [2.05, 4.69) is 66.6 Å². The van der Waals surface area contributed by atoms with E-state index in [1.807, 2.05) is 18.2 Å². The summed E-state index contributed by atoms with van der Waals surface area (Å²) in [5.74, 6) is 0.958. The first-order chi connectivity index (χ1) is 15.2. The molecule has 4 rings (SSSR count). The smallest absolute Gasteiger partial charge is 0.130 e. The lowest BCUT2D eigenvalue weighted by Crippen LogP contribution is -2.42. The number of ether oxygens (including phenoxy) is 2. The molecule has 0 amide bonds. The molecule has 4 heteroatoms. The van der Waals surface area contributed by atoms with Crippen LogP contribution < -0.4 is 10.1 Å². The van der Waals surface area contributed by atoms with Crippen LogP contribution in [0.2, 0.25) is 0 Å². The van der Waals surface area contributed by atoms with Gasteiger partial charge in [0.15, 0.2) is 0 Å². The van der Waals surface area contributed by atoms with E-state index >= 15 is 0 Å². The minimum atomic E-state index is 0.148. The molecule has 0 spiro atoms. The molecule has 0 aliphatic carbocycles. The highest BCUT2D eigenvalue weighted by Gasteiger charge is 2.33. The molecule has 1 aliphatic heterocycles. The molecule has 0 atom stereocenters. The summed E-state index contributed by atoms with van der Waals surface area (Å²) in [6.45, 7) is 8.19.